The molecule has 2 N–H and O–H groups in total. The average molecular weight is 238 g/mol. The van der Waals surface area contributed by atoms with E-state index in [1.165, 1.54) is 19.3 Å². The van der Waals surface area contributed by atoms with Gasteiger partial charge in [0.05, 0.1) is 5.92 Å². The molecule has 0 aromatic carbocycles. The van der Waals surface area contributed by atoms with Gasteiger partial charge in [0.25, 0.3) is 0 Å². The maximum Gasteiger partial charge on any atom is 0.224 e. The van der Waals surface area contributed by atoms with Crippen molar-refractivity contribution in [3.05, 3.63) is 0 Å². The minimum Gasteiger partial charge on any atom is -0.351 e. The number of piperidine rings is 1. The zero-order valence-corrected chi connectivity index (χ0v) is 11.2. The topological polar surface area (TPSA) is 41.1 Å². The van der Waals surface area contributed by atoms with Crippen LogP contribution in [0.2, 0.25) is 0 Å². The van der Waals surface area contributed by atoms with Gasteiger partial charge in [-0.25, -0.2) is 0 Å². The van der Waals surface area contributed by atoms with Crippen LogP contribution in [0.3, 0.4) is 0 Å². The quantitative estimate of drug-likeness (QED) is 0.774. The molecule has 2 fully saturated rings. The molecule has 0 spiro atoms. The lowest BCUT2D eigenvalue weighted by Gasteiger charge is -2.37. The first-order valence-electron chi connectivity index (χ1n) is 7.14. The van der Waals surface area contributed by atoms with Crippen molar-refractivity contribution >= 4 is 5.91 Å². The maximum atomic E-state index is 12.2. The summed E-state index contributed by atoms with van der Waals surface area (Å²) >= 11 is 0. The number of carbonyl (C=O) groups excluding carboxylic acids is 1. The van der Waals surface area contributed by atoms with E-state index >= 15 is 0 Å². The molecule has 2 aliphatic rings. The highest BCUT2D eigenvalue weighted by atomic mass is 16.2. The molecule has 0 radical (unpaired) electrons. The summed E-state index contributed by atoms with van der Waals surface area (Å²) in [5.74, 6) is 0.457. The summed E-state index contributed by atoms with van der Waals surface area (Å²) < 4.78 is 0. The smallest absolute Gasteiger partial charge is 0.224 e. The fourth-order valence-electron chi connectivity index (χ4n) is 3.08. The molecule has 1 saturated carbocycles. The van der Waals surface area contributed by atoms with E-state index in [2.05, 4.69) is 24.5 Å². The zero-order valence-electron chi connectivity index (χ0n) is 11.2. The fraction of sp³-hybridized carbons (Fsp3) is 0.929. The summed E-state index contributed by atoms with van der Waals surface area (Å²) in [5, 5.41) is 6.70. The molecule has 1 aliphatic heterocycles. The highest BCUT2D eigenvalue weighted by Gasteiger charge is 2.32. The lowest BCUT2D eigenvalue weighted by molar-refractivity contribution is -0.127. The van der Waals surface area contributed by atoms with Gasteiger partial charge >= 0.3 is 0 Å². The Morgan fingerprint density at radius 2 is 1.94 bits per heavy atom. The van der Waals surface area contributed by atoms with Crippen molar-refractivity contribution < 1.29 is 4.79 Å². The third-order valence-electron chi connectivity index (χ3n) is 4.41. The molecule has 1 aliphatic carbocycles. The molecule has 98 valence electrons. The Morgan fingerprint density at radius 1 is 1.24 bits per heavy atom. The lowest BCUT2D eigenvalue weighted by atomic mass is 9.82. The summed E-state index contributed by atoms with van der Waals surface area (Å²) in [4.78, 5) is 12.2. The van der Waals surface area contributed by atoms with Crippen LogP contribution in [-0.2, 0) is 4.79 Å². The van der Waals surface area contributed by atoms with Crippen molar-refractivity contribution in [2.45, 2.75) is 70.4 Å². The molecular weight excluding hydrogens is 212 g/mol. The highest BCUT2D eigenvalue weighted by molar-refractivity contribution is 5.79. The lowest BCUT2D eigenvalue weighted by Crippen LogP contribution is -2.52. The molecule has 2 rings (SSSR count). The number of hydrogen-bond donors (Lipinski definition) is 2. The molecule has 0 bridgehead atoms. The normalized spacial score (nSPS) is 33.1. The highest BCUT2D eigenvalue weighted by Crippen LogP contribution is 2.28. The predicted octanol–water partition coefficient (Wildman–Crippen LogP) is 2.21. The van der Waals surface area contributed by atoms with E-state index in [9.17, 15) is 4.79 Å². The molecule has 1 amide bonds. The average Bonchev–Trinajstić information content (AvgIpc) is 2.30. The van der Waals surface area contributed by atoms with Crippen molar-refractivity contribution in [2.24, 2.45) is 5.92 Å². The van der Waals surface area contributed by atoms with Crippen LogP contribution in [0, 0.1) is 5.92 Å². The second-order valence-electron chi connectivity index (χ2n) is 6.19. The third kappa shape index (κ3) is 3.44. The van der Waals surface area contributed by atoms with Gasteiger partial charge in [-0.05, 0) is 39.5 Å². The summed E-state index contributed by atoms with van der Waals surface area (Å²) in [6, 6.07) is 0.573. The second kappa shape index (κ2) is 5.38. The number of amides is 1. The van der Waals surface area contributed by atoms with Gasteiger partial charge in [-0.1, -0.05) is 19.3 Å². The van der Waals surface area contributed by atoms with Crippen LogP contribution in [-0.4, -0.2) is 24.0 Å². The van der Waals surface area contributed by atoms with E-state index in [-0.39, 0.29) is 17.4 Å². The van der Waals surface area contributed by atoms with Gasteiger partial charge in [0.2, 0.25) is 5.91 Å². The fourth-order valence-corrected chi connectivity index (χ4v) is 3.08. The van der Waals surface area contributed by atoms with Crippen molar-refractivity contribution in [1.82, 2.24) is 10.6 Å². The molecular formula is C14H26N2O. The van der Waals surface area contributed by atoms with Gasteiger partial charge in [-0.15, -0.1) is 0 Å². The Morgan fingerprint density at radius 3 is 2.53 bits per heavy atom. The Hall–Kier alpha value is -0.570. The van der Waals surface area contributed by atoms with Crippen LogP contribution in [0.1, 0.15) is 58.8 Å². The van der Waals surface area contributed by atoms with E-state index in [0.717, 1.165) is 32.2 Å². The number of nitrogens with one attached hydrogen (secondary N) is 2. The second-order valence-corrected chi connectivity index (χ2v) is 6.19. The largest absolute Gasteiger partial charge is 0.351 e. The molecule has 3 heteroatoms. The molecule has 1 saturated heterocycles. The Balaban J connectivity index is 1.83. The van der Waals surface area contributed by atoms with Crippen molar-refractivity contribution in [3.8, 4) is 0 Å². The molecule has 0 aromatic heterocycles. The van der Waals surface area contributed by atoms with Gasteiger partial charge in [0.15, 0.2) is 0 Å². The molecule has 0 aromatic rings. The van der Waals surface area contributed by atoms with Crippen LogP contribution >= 0.6 is 0 Å². The first-order valence-corrected chi connectivity index (χ1v) is 7.14. The summed E-state index contributed by atoms with van der Waals surface area (Å²) in [6.45, 7) is 5.25. The van der Waals surface area contributed by atoms with E-state index in [1.807, 2.05) is 0 Å². The Kier molecular flexibility index (Phi) is 4.08. The molecule has 17 heavy (non-hydrogen) atoms. The monoisotopic (exact) mass is 238 g/mol. The van der Waals surface area contributed by atoms with E-state index < -0.39 is 0 Å². The van der Waals surface area contributed by atoms with Gasteiger partial charge < -0.3 is 10.6 Å². The minimum atomic E-state index is 0.0679. The van der Waals surface area contributed by atoms with Gasteiger partial charge in [0, 0.05) is 18.1 Å². The predicted molar refractivity (Wildman–Crippen MR) is 69.8 cm³/mol. The Bertz CT molecular complexity index is 263. The van der Waals surface area contributed by atoms with Crippen LogP contribution < -0.4 is 10.6 Å². The zero-order chi connectivity index (χ0) is 12.3. The SMILES string of the molecule is CC1CCC(C(=O)NC2(C)CCCCC2)CN1. The Labute approximate surface area is 105 Å². The molecule has 1 heterocycles. The van der Waals surface area contributed by atoms with Gasteiger partial charge in [-0.2, -0.15) is 0 Å². The van der Waals surface area contributed by atoms with E-state index in [4.69, 9.17) is 0 Å². The summed E-state index contributed by atoms with van der Waals surface area (Å²) in [7, 11) is 0. The van der Waals surface area contributed by atoms with Crippen molar-refractivity contribution in [3.63, 3.8) is 0 Å². The van der Waals surface area contributed by atoms with Crippen LogP contribution in [0.15, 0.2) is 0 Å². The van der Waals surface area contributed by atoms with Gasteiger partial charge in [-0.3, -0.25) is 4.79 Å². The maximum absolute atomic E-state index is 12.2. The standard InChI is InChI=1S/C14H26N2O/c1-11-6-7-12(10-15-11)13(17)16-14(2)8-4-3-5-9-14/h11-12,15H,3-10H2,1-2H3,(H,16,17). The number of carbonyl (C=O) groups is 1. The van der Waals surface area contributed by atoms with Crippen LogP contribution in [0.25, 0.3) is 0 Å². The van der Waals surface area contributed by atoms with Crippen molar-refractivity contribution in [2.75, 3.05) is 6.54 Å². The van der Waals surface area contributed by atoms with Gasteiger partial charge in [0.1, 0.15) is 0 Å². The van der Waals surface area contributed by atoms with E-state index in [0.29, 0.717) is 6.04 Å². The summed E-state index contributed by atoms with van der Waals surface area (Å²) in [5.41, 5.74) is 0.0679. The van der Waals surface area contributed by atoms with Crippen LogP contribution in [0.4, 0.5) is 0 Å². The molecule has 3 nitrogen and oxygen atoms in total. The molecule has 2 unspecified atom stereocenters. The van der Waals surface area contributed by atoms with E-state index in [1.54, 1.807) is 0 Å². The molecule has 2 atom stereocenters. The number of hydrogen-bond acceptors (Lipinski definition) is 2. The third-order valence-corrected chi connectivity index (χ3v) is 4.41. The first kappa shape index (κ1) is 12.9. The van der Waals surface area contributed by atoms with Crippen molar-refractivity contribution in [1.29, 1.82) is 0 Å². The summed E-state index contributed by atoms with van der Waals surface area (Å²) in [6.07, 6.45) is 8.30. The number of rotatable bonds is 2. The van der Waals surface area contributed by atoms with Crippen LogP contribution in [0.5, 0.6) is 0 Å². The first-order chi connectivity index (χ1) is 8.09. The minimum absolute atomic E-state index is 0.0679.